The summed E-state index contributed by atoms with van der Waals surface area (Å²) < 4.78 is 26.3. The lowest BCUT2D eigenvalue weighted by Crippen LogP contribution is -2.52. The quantitative estimate of drug-likeness (QED) is 0.845. The van der Waals surface area contributed by atoms with Crippen molar-refractivity contribution >= 4 is 5.91 Å². The van der Waals surface area contributed by atoms with Crippen LogP contribution in [-0.2, 0) is 11.3 Å². The van der Waals surface area contributed by atoms with Gasteiger partial charge < -0.3 is 10.6 Å². The van der Waals surface area contributed by atoms with Gasteiger partial charge in [-0.1, -0.05) is 6.92 Å². The number of likely N-dealkylation sites (N-methyl/N-ethyl adjacent to an activating group) is 1. The molecule has 0 aromatic heterocycles. The molecule has 0 aliphatic carbocycles. The first-order valence-corrected chi connectivity index (χ1v) is 5.84. The number of rotatable bonds is 5. The lowest BCUT2D eigenvalue weighted by Gasteiger charge is -2.24. The lowest BCUT2D eigenvalue weighted by atomic mass is 10.0. The van der Waals surface area contributed by atoms with Crippen LogP contribution in [0, 0.1) is 11.6 Å². The van der Waals surface area contributed by atoms with Gasteiger partial charge in [0.25, 0.3) is 0 Å². The standard InChI is InChI=1S/C13H18F2N2O/c1-4-17-13(2,3)12(18)16-8-9-7-10(14)5-6-11(9)15/h5-7,17H,4,8H2,1-3H3,(H,16,18). The zero-order valence-corrected chi connectivity index (χ0v) is 10.8. The normalized spacial score (nSPS) is 11.4. The Labute approximate surface area is 106 Å². The summed E-state index contributed by atoms with van der Waals surface area (Å²) in [6.07, 6.45) is 0. The molecule has 0 bridgehead atoms. The Morgan fingerprint density at radius 3 is 2.61 bits per heavy atom. The summed E-state index contributed by atoms with van der Waals surface area (Å²) in [5.74, 6) is -1.31. The fourth-order valence-corrected chi connectivity index (χ4v) is 1.60. The maximum absolute atomic E-state index is 13.3. The summed E-state index contributed by atoms with van der Waals surface area (Å²) in [5, 5.41) is 5.59. The highest BCUT2D eigenvalue weighted by Gasteiger charge is 2.25. The molecule has 0 aliphatic heterocycles. The van der Waals surface area contributed by atoms with Crippen molar-refractivity contribution in [3.63, 3.8) is 0 Å². The third kappa shape index (κ3) is 3.77. The number of carbonyl (C=O) groups excluding carboxylic acids is 1. The molecule has 0 heterocycles. The minimum absolute atomic E-state index is 0.0305. The van der Waals surface area contributed by atoms with E-state index < -0.39 is 17.2 Å². The number of hydrogen-bond acceptors (Lipinski definition) is 2. The number of benzene rings is 1. The van der Waals surface area contributed by atoms with Gasteiger partial charge in [-0.05, 0) is 38.6 Å². The molecular formula is C13H18F2N2O. The van der Waals surface area contributed by atoms with E-state index in [4.69, 9.17) is 0 Å². The third-order valence-corrected chi connectivity index (χ3v) is 2.63. The van der Waals surface area contributed by atoms with Gasteiger partial charge in [0.2, 0.25) is 5.91 Å². The molecule has 0 unspecified atom stereocenters. The predicted octanol–water partition coefficient (Wildman–Crippen LogP) is 1.97. The monoisotopic (exact) mass is 256 g/mol. The summed E-state index contributed by atoms with van der Waals surface area (Å²) in [7, 11) is 0. The van der Waals surface area contributed by atoms with E-state index in [0.717, 1.165) is 18.2 Å². The number of carbonyl (C=O) groups is 1. The Morgan fingerprint density at radius 2 is 2.00 bits per heavy atom. The van der Waals surface area contributed by atoms with Gasteiger partial charge in [0, 0.05) is 12.1 Å². The van der Waals surface area contributed by atoms with Crippen LogP contribution in [0.1, 0.15) is 26.3 Å². The molecule has 100 valence electrons. The fourth-order valence-electron chi connectivity index (χ4n) is 1.60. The zero-order valence-electron chi connectivity index (χ0n) is 10.8. The van der Waals surface area contributed by atoms with E-state index in [1.54, 1.807) is 13.8 Å². The summed E-state index contributed by atoms with van der Waals surface area (Å²) in [4.78, 5) is 11.8. The molecule has 1 amide bonds. The molecular weight excluding hydrogens is 238 g/mol. The Kier molecular flexibility index (Phi) is 4.78. The van der Waals surface area contributed by atoms with Crippen molar-refractivity contribution in [3.8, 4) is 0 Å². The van der Waals surface area contributed by atoms with Crippen LogP contribution in [0.15, 0.2) is 18.2 Å². The molecule has 0 fully saturated rings. The van der Waals surface area contributed by atoms with Crippen LogP contribution in [-0.4, -0.2) is 18.0 Å². The number of nitrogens with one attached hydrogen (secondary N) is 2. The first-order valence-electron chi connectivity index (χ1n) is 5.84. The summed E-state index contributed by atoms with van der Waals surface area (Å²) in [6.45, 7) is 5.97. The van der Waals surface area contributed by atoms with Gasteiger partial charge >= 0.3 is 0 Å². The average molecular weight is 256 g/mol. The van der Waals surface area contributed by atoms with Gasteiger partial charge in [-0.15, -0.1) is 0 Å². The molecule has 1 aromatic carbocycles. The maximum atomic E-state index is 13.3. The van der Waals surface area contributed by atoms with E-state index in [1.165, 1.54) is 0 Å². The van der Waals surface area contributed by atoms with Gasteiger partial charge in [-0.3, -0.25) is 4.79 Å². The van der Waals surface area contributed by atoms with Crippen molar-refractivity contribution in [2.75, 3.05) is 6.54 Å². The van der Waals surface area contributed by atoms with Crippen molar-refractivity contribution in [3.05, 3.63) is 35.4 Å². The summed E-state index contributed by atoms with van der Waals surface area (Å²) in [6, 6.07) is 3.17. The molecule has 0 atom stereocenters. The van der Waals surface area contributed by atoms with E-state index in [-0.39, 0.29) is 18.0 Å². The fraction of sp³-hybridized carbons (Fsp3) is 0.462. The molecule has 1 rings (SSSR count). The average Bonchev–Trinajstić information content (AvgIpc) is 2.29. The molecule has 0 radical (unpaired) electrons. The van der Waals surface area contributed by atoms with Crippen molar-refractivity contribution < 1.29 is 13.6 Å². The molecule has 0 saturated carbocycles. The number of hydrogen-bond donors (Lipinski definition) is 2. The zero-order chi connectivity index (χ0) is 13.8. The lowest BCUT2D eigenvalue weighted by molar-refractivity contribution is -0.126. The topological polar surface area (TPSA) is 41.1 Å². The first kappa shape index (κ1) is 14.6. The Hall–Kier alpha value is -1.49. The van der Waals surface area contributed by atoms with Gasteiger partial charge in [0.05, 0.1) is 5.54 Å². The predicted molar refractivity (Wildman–Crippen MR) is 66.0 cm³/mol. The van der Waals surface area contributed by atoms with Crippen LogP contribution in [0.5, 0.6) is 0 Å². The second-order valence-electron chi connectivity index (χ2n) is 4.57. The van der Waals surface area contributed by atoms with E-state index in [2.05, 4.69) is 10.6 Å². The van der Waals surface area contributed by atoms with Crippen LogP contribution in [0.25, 0.3) is 0 Å². The molecule has 3 nitrogen and oxygen atoms in total. The summed E-state index contributed by atoms with van der Waals surface area (Å²) >= 11 is 0. The van der Waals surface area contributed by atoms with Crippen LogP contribution in [0.3, 0.4) is 0 Å². The van der Waals surface area contributed by atoms with E-state index in [1.807, 2.05) is 6.92 Å². The van der Waals surface area contributed by atoms with Crippen molar-refractivity contribution in [1.29, 1.82) is 0 Å². The molecule has 5 heteroatoms. The Balaban J connectivity index is 2.65. The third-order valence-electron chi connectivity index (χ3n) is 2.63. The molecule has 1 aromatic rings. The second kappa shape index (κ2) is 5.91. The molecule has 0 spiro atoms. The van der Waals surface area contributed by atoms with Gasteiger partial charge in [-0.25, -0.2) is 8.78 Å². The van der Waals surface area contributed by atoms with E-state index >= 15 is 0 Å². The summed E-state index contributed by atoms with van der Waals surface area (Å²) in [5.41, 5.74) is -0.603. The molecule has 18 heavy (non-hydrogen) atoms. The number of amides is 1. The largest absolute Gasteiger partial charge is 0.350 e. The molecule has 0 saturated heterocycles. The molecule has 2 N–H and O–H groups in total. The highest BCUT2D eigenvalue weighted by atomic mass is 19.1. The second-order valence-corrected chi connectivity index (χ2v) is 4.57. The van der Waals surface area contributed by atoms with Crippen molar-refractivity contribution in [1.82, 2.24) is 10.6 Å². The van der Waals surface area contributed by atoms with Gasteiger partial charge in [-0.2, -0.15) is 0 Å². The van der Waals surface area contributed by atoms with Crippen molar-refractivity contribution in [2.45, 2.75) is 32.9 Å². The van der Waals surface area contributed by atoms with Crippen LogP contribution in [0.2, 0.25) is 0 Å². The Morgan fingerprint density at radius 1 is 1.33 bits per heavy atom. The van der Waals surface area contributed by atoms with E-state index in [9.17, 15) is 13.6 Å². The van der Waals surface area contributed by atoms with Gasteiger partial charge in [0.1, 0.15) is 11.6 Å². The SMILES string of the molecule is CCNC(C)(C)C(=O)NCc1cc(F)ccc1F. The smallest absolute Gasteiger partial charge is 0.239 e. The highest BCUT2D eigenvalue weighted by Crippen LogP contribution is 2.10. The maximum Gasteiger partial charge on any atom is 0.239 e. The van der Waals surface area contributed by atoms with Crippen LogP contribution in [0.4, 0.5) is 8.78 Å². The van der Waals surface area contributed by atoms with Crippen LogP contribution >= 0.6 is 0 Å². The Bertz CT molecular complexity index is 433. The highest BCUT2D eigenvalue weighted by molar-refractivity contribution is 5.85. The minimum atomic E-state index is -0.738. The first-order chi connectivity index (χ1) is 8.36. The number of halogens is 2. The molecule has 0 aliphatic rings. The van der Waals surface area contributed by atoms with Gasteiger partial charge in [0.15, 0.2) is 0 Å². The van der Waals surface area contributed by atoms with Crippen molar-refractivity contribution in [2.24, 2.45) is 0 Å². The van der Waals surface area contributed by atoms with Crippen LogP contribution < -0.4 is 10.6 Å². The van der Waals surface area contributed by atoms with E-state index in [0.29, 0.717) is 6.54 Å². The minimum Gasteiger partial charge on any atom is -0.350 e.